The number of benzene rings is 2. The molecule has 7 heteroatoms. The fourth-order valence-corrected chi connectivity index (χ4v) is 3.84. The van der Waals surface area contributed by atoms with Gasteiger partial charge in [-0.1, -0.05) is 23.7 Å². The molecule has 0 bridgehead atoms. The summed E-state index contributed by atoms with van der Waals surface area (Å²) >= 11 is 6.20. The van der Waals surface area contributed by atoms with Gasteiger partial charge in [-0.3, -0.25) is 9.59 Å². The van der Waals surface area contributed by atoms with Crippen LogP contribution in [0.25, 0.3) is 0 Å². The molecular formula is C22H23ClN2O4. The fraction of sp³-hybridized carbons (Fsp3) is 0.364. The van der Waals surface area contributed by atoms with Crippen molar-refractivity contribution in [2.75, 3.05) is 26.3 Å². The van der Waals surface area contributed by atoms with Gasteiger partial charge in [-0.05, 0) is 49.1 Å². The van der Waals surface area contributed by atoms with Gasteiger partial charge in [0.25, 0.3) is 11.8 Å². The van der Waals surface area contributed by atoms with Gasteiger partial charge in [0.1, 0.15) is 13.2 Å². The number of nitrogens with one attached hydrogen (secondary N) is 1. The summed E-state index contributed by atoms with van der Waals surface area (Å²) in [6.07, 6.45) is 3.33. The van der Waals surface area contributed by atoms with Crippen LogP contribution in [0.2, 0.25) is 5.02 Å². The van der Waals surface area contributed by atoms with Gasteiger partial charge in [0, 0.05) is 30.8 Å². The van der Waals surface area contributed by atoms with E-state index in [4.69, 9.17) is 21.1 Å². The van der Waals surface area contributed by atoms with E-state index >= 15 is 0 Å². The topological polar surface area (TPSA) is 67.9 Å². The molecule has 2 aliphatic rings. The Morgan fingerprint density at radius 3 is 2.45 bits per heavy atom. The molecule has 1 N–H and O–H groups in total. The Morgan fingerprint density at radius 1 is 0.966 bits per heavy atom. The zero-order valence-corrected chi connectivity index (χ0v) is 16.8. The molecule has 0 unspecified atom stereocenters. The number of ether oxygens (including phenoxy) is 2. The van der Waals surface area contributed by atoms with E-state index in [9.17, 15) is 9.59 Å². The standard InChI is InChI=1S/C22H23ClN2O4/c23-18-12-17(13-19-20(18)29-11-10-28-19)21(26)24-14-15-4-6-16(7-5-15)22(27)25-8-2-1-3-9-25/h4-7,12-13H,1-3,8-11,14H2,(H,24,26). The van der Waals surface area contributed by atoms with Gasteiger partial charge in [0.2, 0.25) is 0 Å². The van der Waals surface area contributed by atoms with Crippen LogP contribution in [0.4, 0.5) is 0 Å². The first-order chi connectivity index (χ1) is 14.1. The van der Waals surface area contributed by atoms with Gasteiger partial charge in [0.15, 0.2) is 11.5 Å². The maximum Gasteiger partial charge on any atom is 0.253 e. The average molecular weight is 415 g/mol. The van der Waals surface area contributed by atoms with Crippen LogP contribution in [0.5, 0.6) is 11.5 Å². The van der Waals surface area contributed by atoms with Crippen LogP contribution in [0, 0.1) is 0 Å². The average Bonchev–Trinajstić information content (AvgIpc) is 2.78. The normalized spacial score (nSPS) is 15.7. The minimum Gasteiger partial charge on any atom is -0.486 e. The summed E-state index contributed by atoms with van der Waals surface area (Å²) in [5, 5.41) is 3.23. The molecule has 0 aliphatic carbocycles. The molecule has 0 atom stereocenters. The van der Waals surface area contributed by atoms with Crippen molar-refractivity contribution in [3.8, 4) is 11.5 Å². The van der Waals surface area contributed by atoms with Crippen LogP contribution in [0.1, 0.15) is 45.5 Å². The van der Waals surface area contributed by atoms with E-state index in [-0.39, 0.29) is 11.8 Å². The lowest BCUT2D eigenvalue weighted by Crippen LogP contribution is -2.35. The third-order valence-corrected chi connectivity index (χ3v) is 5.44. The van der Waals surface area contributed by atoms with Crippen LogP contribution in [-0.4, -0.2) is 43.0 Å². The van der Waals surface area contributed by atoms with Crippen molar-refractivity contribution in [2.45, 2.75) is 25.8 Å². The summed E-state index contributed by atoms with van der Waals surface area (Å²) in [5.74, 6) is 0.779. The molecule has 0 aromatic heterocycles. The number of likely N-dealkylation sites (tertiary alicyclic amines) is 1. The summed E-state index contributed by atoms with van der Waals surface area (Å²) in [4.78, 5) is 27.0. The van der Waals surface area contributed by atoms with Gasteiger partial charge in [-0.15, -0.1) is 0 Å². The molecule has 0 saturated carbocycles. The molecule has 6 nitrogen and oxygen atoms in total. The van der Waals surface area contributed by atoms with E-state index in [1.54, 1.807) is 12.1 Å². The first-order valence-corrected chi connectivity index (χ1v) is 10.3. The van der Waals surface area contributed by atoms with Crippen molar-refractivity contribution in [1.29, 1.82) is 0 Å². The monoisotopic (exact) mass is 414 g/mol. The Balaban J connectivity index is 1.37. The third kappa shape index (κ3) is 4.48. The molecule has 0 radical (unpaired) electrons. The Morgan fingerprint density at radius 2 is 1.69 bits per heavy atom. The van der Waals surface area contributed by atoms with Crippen molar-refractivity contribution >= 4 is 23.4 Å². The number of fused-ring (bicyclic) bond motifs is 1. The van der Waals surface area contributed by atoms with E-state index in [1.807, 2.05) is 29.2 Å². The van der Waals surface area contributed by atoms with Crippen LogP contribution < -0.4 is 14.8 Å². The molecule has 1 saturated heterocycles. The van der Waals surface area contributed by atoms with Crippen LogP contribution >= 0.6 is 11.6 Å². The number of piperidine rings is 1. The number of hydrogen-bond acceptors (Lipinski definition) is 4. The minimum atomic E-state index is -0.252. The van der Waals surface area contributed by atoms with Crippen molar-refractivity contribution in [2.24, 2.45) is 0 Å². The van der Waals surface area contributed by atoms with Crippen molar-refractivity contribution in [3.05, 3.63) is 58.1 Å². The fourth-order valence-electron chi connectivity index (χ4n) is 3.57. The number of carbonyl (C=O) groups is 2. The molecule has 2 aromatic carbocycles. The maximum atomic E-state index is 12.5. The summed E-state index contributed by atoms with van der Waals surface area (Å²) in [6, 6.07) is 10.6. The van der Waals surface area contributed by atoms with Gasteiger partial charge < -0.3 is 19.7 Å². The largest absolute Gasteiger partial charge is 0.486 e. The molecule has 1 fully saturated rings. The van der Waals surface area contributed by atoms with Crippen LogP contribution in [0.3, 0.4) is 0 Å². The summed E-state index contributed by atoms with van der Waals surface area (Å²) < 4.78 is 11.0. The lowest BCUT2D eigenvalue weighted by molar-refractivity contribution is 0.0724. The predicted octanol–water partition coefficient (Wildman–Crippen LogP) is 3.67. The summed E-state index contributed by atoms with van der Waals surface area (Å²) in [7, 11) is 0. The minimum absolute atomic E-state index is 0.0752. The third-order valence-electron chi connectivity index (χ3n) is 5.16. The molecule has 2 aliphatic heterocycles. The van der Waals surface area contributed by atoms with Gasteiger partial charge >= 0.3 is 0 Å². The smallest absolute Gasteiger partial charge is 0.253 e. The van der Waals surface area contributed by atoms with Gasteiger partial charge in [-0.2, -0.15) is 0 Å². The summed E-state index contributed by atoms with van der Waals surface area (Å²) in [6.45, 7) is 2.87. The molecule has 2 aromatic rings. The van der Waals surface area contributed by atoms with E-state index in [0.717, 1.165) is 31.5 Å². The van der Waals surface area contributed by atoms with Gasteiger partial charge in [0.05, 0.1) is 5.02 Å². The van der Waals surface area contributed by atoms with E-state index in [2.05, 4.69) is 5.32 Å². The second-order valence-corrected chi connectivity index (χ2v) is 7.62. The van der Waals surface area contributed by atoms with E-state index in [1.165, 1.54) is 6.42 Å². The highest BCUT2D eigenvalue weighted by molar-refractivity contribution is 6.32. The number of amides is 2. The highest BCUT2D eigenvalue weighted by Crippen LogP contribution is 2.38. The number of halogens is 1. The lowest BCUT2D eigenvalue weighted by Gasteiger charge is -2.26. The molecule has 2 amide bonds. The number of carbonyl (C=O) groups excluding carboxylic acids is 2. The molecule has 0 spiro atoms. The van der Waals surface area contributed by atoms with Gasteiger partial charge in [-0.25, -0.2) is 0 Å². The zero-order valence-electron chi connectivity index (χ0n) is 16.1. The number of rotatable bonds is 4. The first kappa shape index (κ1) is 19.6. The molecule has 152 valence electrons. The highest BCUT2D eigenvalue weighted by Gasteiger charge is 2.20. The van der Waals surface area contributed by atoms with Crippen LogP contribution in [0.15, 0.2) is 36.4 Å². The SMILES string of the molecule is O=C(NCc1ccc(C(=O)N2CCCCC2)cc1)c1cc(Cl)c2c(c1)OCCO2. The second kappa shape index (κ2) is 8.74. The molecule has 4 rings (SSSR count). The molecular weight excluding hydrogens is 392 g/mol. The first-order valence-electron chi connectivity index (χ1n) is 9.87. The van der Waals surface area contributed by atoms with E-state index < -0.39 is 0 Å². The number of hydrogen-bond donors (Lipinski definition) is 1. The Bertz CT molecular complexity index is 908. The zero-order chi connectivity index (χ0) is 20.2. The predicted molar refractivity (Wildman–Crippen MR) is 110 cm³/mol. The molecule has 2 heterocycles. The lowest BCUT2D eigenvalue weighted by atomic mass is 10.1. The summed E-state index contributed by atoms with van der Waals surface area (Å²) in [5.41, 5.74) is 2.01. The van der Waals surface area contributed by atoms with Crippen molar-refractivity contribution in [3.63, 3.8) is 0 Å². The maximum absolute atomic E-state index is 12.5. The highest BCUT2D eigenvalue weighted by atomic mass is 35.5. The Hall–Kier alpha value is -2.73. The Labute approximate surface area is 174 Å². The second-order valence-electron chi connectivity index (χ2n) is 7.21. The van der Waals surface area contributed by atoms with Crippen molar-refractivity contribution in [1.82, 2.24) is 10.2 Å². The van der Waals surface area contributed by atoms with Crippen LogP contribution in [-0.2, 0) is 6.54 Å². The van der Waals surface area contributed by atoms with Crippen molar-refractivity contribution < 1.29 is 19.1 Å². The quantitative estimate of drug-likeness (QED) is 0.828. The number of nitrogens with zero attached hydrogens (tertiary/aromatic N) is 1. The molecule has 29 heavy (non-hydrogen) atoms. The van der Waals surface area contributed by atoms with E-state index in [0.29, 0.717) is 47.4 Å². The Kier molecular flexibility index (Phi) is 5.90.